The Bertz CT molecular complexity index is 612. The third-order valence-electron chi connectivity index (χ3n) is 3.33. The minimum Gasteiger partial charge on any atom is -0.507 e. The fourth-order valence-corrected chi connectivity index (χ4v) is 2.05. The Morgan fingerprint density at radius 1 is 0.944 bits per heavy atom. The molecular weight excluding hydrogens is 224 g/mol. The first-order valence-corrected chi connectivity index (χ1v) is 5.92. The lowest BCUT2D eigenvalue weighted by molar-refractivity contribution is 0.103. The summed E-state index contributed by atoms with van der Waals surface area (Å²) in [5.74, 6) is -0.0712. The second kappa shape index (κ2) is 4.65. The van der Waals surface area contributed by atoms with Crippen molar-refractivity contribution in [2.45, 2.75) is 20.8 Å². The number of hydrogen-bond donors (Lipinski definition) is 1. The van der Waals surface area contributed by atoms with Crippen molar-refractivity contribution in [3.63, 3.8) is 0 Å². The fraction of sp³-hybridized carbons (Fsp3) is 0.188. The number of phenolic OH excluding ortho intramolecular Hbond substituents is 1. The van der Waals surface area contributed by atoms with Crippen LogP contribution in [0, 0.1) is 20.8 Å². The lowest BCUT2D eigenvalue weighted by atomic mass is 9.93. The highest BCUT2D eigenvalue weighted by Crippen LogP contribution is 2.27. The van der Waals surface area contributed by atoms with Crippen LogP contribution in [-0.2, 0) is 0 Å². The van der Waals surface area contributed by atoms with Crippen molar-refractivity contribution in [3.05, 3.63) is 64.2 Å². The van der Waals surface area contributed by atoms with Crippen molar-refractivity contribution < 1.29 is 9.90 Å². The molecule has 0 unspecified atom stereocenters. The zero-order valence-corrected chi connectivity index (χ0v) is 10.8. The van der Waals surface area contributed by atoms with E-state index in [0.717, 1.165) is 16.7 Å². The predicted molar refractivity (Wildman–Crippen MR) is 72.2 cm³/mol. The van der Waals surface area contributed by atoms with Gasteiger partial charge in [-0.1, -0.05) is 30.3 Å². The van der Waals surface area contributed by atoms with E-state index in [1.54, 1.807) is 12.1 Å². The summed E-state index contributed by atoms with van der Waals surface area (Å²) in [5.41, 5.74) is 3.81. The lowest BCUT2D eigenvalue weighted by Crippen LogP contribution is -2.07. The molecule has 2 aromatic rings. The minimum atomic E-state index is -0.119. The molecule has 0 aliphatic heterocycles. The summed E-state index contributed by atoms with van der Waals surface area (Å²) in [6.07, 6.45) is 0. The molecule has 2 nitrogen and oxygen atoms in total. The summed E-state index contributed by atoms with van der Waals surface area (Å²) in [7, 11) is 0. The molecule has 0 spiro atoms. The standard InChI is InChI=1S/C16H16O2/c1-10-8-9-14(17)15(12(10)3)16(18)13-7-5-4-6-11(13)2/h4-9,17H,1-3H3. The van der Waals surface area contributed by atoms with Gasteiger partial charge in [0.15, 0.2) is 5.78 Å². The monoisotopic (exact) mass is 240 g/mol. The Kier molecular flexibility index (Phi) is 3.19. The van der Waals surface area contributed by atoms with Crippen LogP contribution in [0.5, 0.6) is 5.75 Å². The summed E-state index contributed by atoms with van der Waals surface area (Å²) in [5, 5.41) is 9.92. The summed E-state index contributed by atoms with van der Waals surface area (Å²) in [6, 6.07) is 10.8. The molecule has 2 rings (SSSR count). The Balaban J connectivity index is 2.61. The van der Waals surface area contributed by atoms with Crippen molar-refractivity contribution in [1.82, 2.24) is 0 Å². The zero-order chi connectivity index (χ0) is 13.3. The molecule has 0 radical (unpaired) electrons. The molecule has 0 heterocycles. The maximum Gasteiger partial charge on any atom is 0.197 e. The maximum absolute atomic E-state index is 12.5. The lowest BCUT2D eigenvalue weighted by Gasteiger charge is -2.11. The normalized spacial score (nSPS) is 10.4. The number of aryl methyl sites for hydroxylation is 2. The number of rotatable bonds is 2. The summed E-state index contributed by atoms with van der Waals surface area (Å²) < 4.78 is 0. The van der Waals surface area contributed by atoms with E-state index < -0.39 is 0 Å². The highest BCUT2D eigenvalue weighted by molar-refractivity contribution is 6.12. The van der Waals surface area contributed by atoms with Gasteiger partial charge in [0.1, 0.15) is 5.75 Å². The van der Waals surface area contributed by atoms with Crippen molar-refractivity contribution in [1.29, 1.82) is 0 Å². The van der Waals surface area contributed by atoms with Crippen LogP contribution in [0.15, 0.2) is 36.4 Å². The van der Waals surface area contributed by atoms with Crippen molar-refractivity contribution >= 4 is 5.78 Å². The first kappa shape index (κ1) is 12.4. The van der Waals surface area contributed by atoms with E-state index in [2.05, 4.69) is 0 Å². The Morgan fingerprint density at radius 2 is 1.61 bits per heavy atom. The number of phenols is 1. The average Bonchev–Trinajstić information content (AvgIpc) is 2.35. The molecule has 92 valence electrons. The van der Waals surface area contributed by atoms with E-state index in [1.165, 1.54) is 0 Å². The number of carbonyl (C=O) groups is 1. The van der Waals surface area contributed by atoms with Crippen LogP contribution in [0.4, 0.5) is 0 Å². The number of hydrogen-bond acceptors (Lipinski definition) is 2. The molecular formula is C16H16O2. The zero-order valence-electron chi connectivity index (χ0n) is 10.8. The van der Waals surface area contributed by atoms with Gasteiger partial charge < -0.3 is 5.11 Å². The van der Waals surface area contributed by atoms with Gasteiger partial charge in [-0.25, -0.2) is 0 Å². The Hall–Kier alpha value is -2.09. The van der Waals surface area contributed by atoms with Gasteiger partial charge in [-0.3, -0.25) is 4.79 Å². The predicted octanol–water partition coefficient (Wildman–Crippen LogP) is 3.55. The topological polar surface area (TPSA) is 37.3 Å². The van der Waals surface area contributed by atoms with E-state index in [-0.39, 0.29) is 11.5 Å². The van der Waals surface area contributed by atoms with Crippen LogP contribution in [-0.4, -0.2) is 10.9 Å². The maximum atomic E-state index is 12.5. The van der Waals surface area contributed by atoms with Gasteiger partial charge in [-0.2, -0.15) is 0 Å². The quantitative estimate of drug-likeness (QED) is 0.815. The number of carbonyl (C=O) groups excluding carboxylic acids is 1. The minimum absolute atomic E-state index is 0.0475. The van der Waals surface area contributed by atoms with Gasteiger partial charge in [-0.15, -0.1) is 0 Å². The molecule has 0 aliphatic carbocycles. The molecule has 2 aromatic carbocycles. The van der Waals surface area contributed by atoms with Gasteiger partial charge in [0.25, 0.3) is 0 Å². The second-order valence-electron chi connectivity index (χ2n) is 4.55. The van der Waals surface area contributed by atoms with Gasteiger partial charge in [0.05, 0.1) is 5.56 Å². The number of benzene rings is 2. The fourth-order valence-electron chi connectivity index (χ4n) is 2.05. The SMILES string of the molecule is Cc1ccccc1C(=O)c1c(O)ccc(C)c1C. The second-order valence-corrected chi connectivity index (χ2v) is 4.55. The molecule has 0 saturated carbocycles. The van der Waals surface area contributed by atoms with Crippen LogP contribution < -0.4 is 0 Å². The smallest absolute Gasteiger partial charge is 0.197 e. The van der Waals surface area contributed by atoms with Crippen LogP contribution in [0.25, 0.3) is 0 Å². The van der Waals surface area contributed by atoms with Crippen LogP contribution in [0.2, 0.25) is 0 Å². The molecule has 1 N–H and O–H groups in total. The van der Waals surface area contributed by atoms with Crippen molar-refractivity contribution in [2.75, 3.05) is 0 Å². The van der Waals surface area contributed by atoms with E-state index in [9.17, 15) is 9.90 Å². The first-order chi connectivity index (χ1) is 8.52. The third kappa shape index (κ3) is 2.02. The summed E-state index contributed by atoms with van der Waals surface area (Å²) in [6.45, 7) is 5.69. The van der Waals surface area contributed by atoms with Crippen molar-refractivity contribution in [3.8, 4) is 5.75 Å². The Morgan fingerprint density at radius 3 is 2.28 bits per heavy atom. The molecule has 0 atom stereocenters. The van der Waals surface area contributed by atoms with E-state index in [1.807, 2.05) is 45.0 Å². The molecule has 0 amide bonds. The number of aromatic hydroxyl groups is 1. The van der Waals surface area contributed by atoms with Crippen LogP contribution in [0.3, 0.4) is 0 Å². The van der Waals surface area contributed by atoms with E-state index >= 15 is 0 Å². The molecule has 2 heteroatoms. The Labute approximate surface area is 107 Å². The van der Waals surface area contributed by atoms with E-state index in [0.29, 0.717) is 11.1 Å². The van der Waals surface area contributed by atoms with Gasteiger partial charge in [-0.05, 0) is 43.5 Å². The first-order valence-electron chi connectivity index (χ1n) is 5.92. The molecule has 0 aliphatic rings. The third-order valence-corrected chi connectivity index (χ3v) is 3.33. The molecule has 0 saturated heterocycles. The van der Waals surface area contributed by atoms with E-state index in [4.69, 9.17) is 0 Å². The van der Waals surface area contributed by atoms with Gasteiger partial charge in [0, 0.05) is 5.56 Å². The molecule has 0 fully saturated rings. The highest BCUT2D eigenvalue weighted by atomic mass is 16.3. The van der Waals surface area contributed by atoms with Crippen LogP contribution >= 0.6 is 0 Å². The molecule has 0 bridgehead atoms. The van der Waals surface area contributed by atoms with Crippen molar-refractivity contribution in [2.24, 2.45) is 0 Å². The van der Waals surface area contributed by atoms with Gasteiger partial charge in [0.2, 0.25) is 0 Å². The average molecular weight is 240 g/mol. The largest absolute Gasteiger partial charge is 0.507 e. The molecule has 0 aromatic heterocycles. The van der Waals surface area contributed by atoms with Crippen LogP contribution in [0.1, 0.15) is 32.6 Å². The molecule has 18 heavy (non-hydrogen) atoms. The summed E-state index contributed by atoms with van der Waals surface area (Å²) >= 11 is 0. The number of ketones is 1. The highest BCUT2D eigenvalue weighted by Gasteiger charge is 2.18. The summed E-state index contributed by atoms with van der Waals surface area (Å²) in [4.78, 5) is 12.5. The van der Waals surface area contributed by atoms with Gasteiger partial charge >= 0.3 is 0 Å².